The second-order valence-electron chi connectivity index (χ2n) is 3.51. The highest BCUT2D eigenvalue weighted by Crippen LogP contribution is 2.48. The van der Waals surface area contributed by atoms with E-state index in [1.807, 2.05) is 0 Å². The maximum absolute atomic E-state index is 12.8. The number of alkyl halides is 2. The number of carbonyl (C=O) groups excluding carboxylic acids is 1. The number of hydrogen-bond donors (Lipinski definition) is 0. The van der Waals surface area contributed by atoms with Crippen LogP contribution in [0.3, 0.4) is 0 Å². The largest absolute Gasteiger partial charge is 0.303 e. The van der Waals surface area contributed by atoms with E-state index < -0.39 is 11.3 Å². The minimum Gasteiger partial charge on any atom is -0.303 e. The summed E-state index contributed by atoms with van der Waals surface area (Å²) in [5.74, 6) is -2.65. The summed E-state index contributed by atoms with van der Waals surface area (Å²) in [5, 5.41) is 0. The summed E-state index contributed by atoms with van der Waals surface area (Å²) in [5.41, 5.74) is -0.828. The van der Waals surface area contributed by atoms with Gasteiger partial charge in [-0.2, -0.15) is 0 Å². The highest BCUT2D eigenvalue weighted by atomic mass is 19.3. The van der Waals surface area contributed by atoms with Crippen molar-refractivity contribution in [2.75, 3.05) is 0 Å². The number of hydrogen-bond acceptors (Lipinski definition) is 1. The van der Waals surface area contributed by atoms with Crippen LogP contribution in [0.4, 0.5) is 8.78 Å². The molecular weight excluding hydrogens is 162 g/mol. The third kappa shape index (κ3) is 1.71. The van der Waals surface area contributed by atoms with Crippen LogP contribution in [0.5, 0.6) is 0 Å². The predicted molar refractivity (Wildman–Crippen MR) is 42.1 cm³/mol. The molecule has 1 aliphatic rings. The Bertz CT molecular complexity index is 201. The standard InChI is InChI=1S/C9H12F2O/c1-2-3-8(7-12)4-5-9(10,11)6-8/h2,7H,1,3-6H2. The van der Waals surface area contributed by atoms with Crippen LogP contribution >= 0.6 is 0 Å². The second-order valence-corrected chi connectivity index (χ2v) is 3.51. The van der Waals surface area contributed by atoms with Crippen molar-refractivity contribution in [3.63, 3.8) is 0 Å². The number of aldehydes is 1. The number of allylic oxidation sites excluding steroid dienone is 1. The van der Waals surface area contributed by atoms with E-state index in [4.69, 9.17) is 0 Å². The van der Waals surface area contributed by atoms with Crippen molar-refractivity contribution in [2.45, 2.75) is 31.6 Å². The van der Waals surface area contributed by atoms with Gasteiger partial charge in [-0.3, -0.25) is 0 Å². The first kappa shape index (κ1) is 9.36. The van der Waals surface area contributed by atoms with Crippen LogP contribution in [0.1, 0.15) is 25.7 Å². The van der Waals surface area contributed by atoms with Crippen LogP contribution in [-0.2, 0) is 4.79 Å². The molecule has 0 aromatic carbocycles. The highest BCUT2D eigenvalue weighted by Gasteiger charge is 2.48. The van der Waals surface area contributed by atoms with E-state index in [0.29, 0.717) is 12.7 Å². The SMILES string of the molecule is C=CCC1(C=O)CCC(F)(F)C1. The molecule has 1 saturated carbocycles. The van der Waals surface area contributed by atoms with Gasteiger partial charge in [-0.05, 0) is 12.8 Å². The van der Waals surface area contributed by atoms with Crippen molar-refractivity contribution >= 4 is 6.29 Å². The Balaban J connectivity index is 2.72. The summed E-state index contributed by atoms with van der Waals surface area (Å²) < 4.78 is 25.5. The Morgan fingerprint density at radius 3 is 2.42 bits per heavy atom. The lowest BCUT2D eigenvalue weighted by molar-refractivity contribution is -0.117. The molecule has 0 bridgehead atoms. The average Bonchev–Trinajstić information content (AvgIpc) is 2.29. The van der Waals surface area contributed by atoms with Crippen molar-refractivity contribution in [2.24, 2.45) is 5.41 Å². The van der Waals surface area contributed by atoms with E-state index in [1.165, 1.54) is 6.08 Å². The first-order chi connectivity index (χ1) is 5.54. The molecule has 0 spiro atoms. The zero-order valence-electron chi connectivity index (χ0n) is 6.85. The van der Waals surface area contributed by atoms with E-state index in [1.54, 1.807) is 0 Å². The Kier molecular flexibility index (Phi) is 2.31. The van der Waals surface area contributed by atoms with Crippen molar-refractivity contribution in [3.8, 4) is 0 Å². The molecule has 68 valence electrons. The fourth-order valence-electron chi connectivity index (χ4n) is 1.73. The van der Waals surface area contributed by atoms with Gasteiger partial charge in [0.1, 0.15) is 6.29 Å². The molecule has 0 radical (unpaired) electrons. The molecule has 1 rings (SSSR count). The van der Waals surface area contributed by atoms with Gasteiger partial charge in [0.25, 0.3) is 0 Å². The fourth-order valence-corrected chi connectivity index (χ4v) is 1.73. The second kappa shape index (κ2) is 2.96. The molecule has 1 nitrogen and oxygen atoms in total. The molecule has 0 heterocycles. The number of halogens is 2. The van der Waals surface area contributed by atoms with Gasteiger partial charge in [0.05, 0.1) is 0 Å². The third-order valence-corrected chi connectivity index (χ3v) is 2.40. The lowest BCUT2D eigenvalue weighted by Crippen LogP contribution is -2.21. The summed E-state index contributed by atoms with van der Waals surface area (Å²) in [6, 6.07) is 0. The van der Waals surface area contributed by atoms with E-state index >= 15 is 0 Å². The molecule has 0 aliphatic heterocycles. The van der Waals surface area contributed by atoms with Crippen molar-refractivity contribution < 1.29 is 13.6 Å². The van der Waals surface area contributed by atoms with Gasteiger partial charge in [0.2, 0.25) is 5.92 Å². The van der Waals surface area contributed by atoms with Crippen molar-refractivity contribution in [1.29, 1.82) is 0 Å². The van der Waals surface area contributed by atoms with E-state index in [0.717, 1.165) is 0 Å². The molecule has 0 aromatic heterocycles. The summed E-state index contributed by atoms with van der Waals surface area (Å²) in [6.07, 6.45) is 2.38. The maximum Gasteiger partial charge on any atom is 0.249 e. The lowest BCUT2D eigenvalue weighted by Gasteiger charge is -2.19. The van der Waals surface area contributed by atoms with Gasteiger partial charge in [0.15, 0.2) is 0 Å². The first-order valence-electron chi connectivity index (χ1n) is 3.99. The summed E-state index contributed by atoms with van der Waals surface area (Å²) >= 11 is 0. The van der Waals surface area contributed by atoms with Gasteiger partial charge in [-0.25, -0.2) is 8.78 Å². The number of rotatable bonds is 3. The summed E-state index contributed by atoms with van der Waals surface area (Å²) in [7, 11) is 0. The fraction of sp³-hybridized carbons (Fsp3) is 0.667. The number of carbonyl (C=O) groups is 1. The molecule has 0 amide bonds. The van der Waals surface area contributed by atoms with Crippen LogP contribution < -0.4 is 0 Å². The van der Waals surface area contributed by atoms with Crippen LogP contribution in [0.15, 0.2) is 12.7 Å². The summed E-state index contributed by atoms with van der Waals surface area (Å²) in [6.45, 7) is 3.46. The smallest absolute Gasteiger partial charge is 0.249 e. The molecular formula is C9H12F2O. The van der Waals surface area contributed by atoms with Gasteiger partial charge >= 0.3 is 0 Å². The van der Waals surface area contributed by atoms with E-state index in [-0.39, 0.29) is 19.3 Å². The maximum atomic E-state index is 12.8. The van der Waals surface area contributed by atoms with Gasteiger partial charge < -0.3 is 4.79 Å². The zero-order valence-corrected chi connectivity index (χ0v) is 6.85. The predicted octanol–water partition coefficient (Wildman–Crippen LogP) is 2.57. The van der Waals surface area contributed by atoms with Crippen LogP contribution in [0.2, 0.25) is 0 Å². The molecule has 12 heavy (non-hydrogen) atoms. The molecule has 1 unspecified atom stereocenters. The average molecular weight is 174 g/mol. The Morgan fingerprint density at radius 2 is 2.08 bits per heavy atom. The molecule has 1 fully saturated rings. The molecule has 1 atom stereocenters. The molecule has 0 aromatic rings. The van der Waals surface area contributed by atoms with Gasteiger partial charge in [-0.1, -0.05) is 6.08 Å². The molecule has 3 heteroatoms. The molecule has 1 aliphatic carbocycles. The minimum absolute atomic E-state index is 0.167. The quantitative estimate of drug-likeness (QED) is 0.474. The highest BCUT2D eigenvalue weighted by molar-refractivity contribution is 5.60. The van der Waals surface area contributed by atoms with Crippen LogP contribution in [0.25, 0.3) is 0 Å². The monoisotopic (exact) mass is 174 g/mol. The van der Waals surface area contributed by atoms with E-state index in [9.17, 15) is 13.6 Å². The molecule has 0 N–H and O–H groups in total. The Labute approximate surface area is 70.5 Å². The zero-order chi connectivity index (χ0) is 9.24. The van der Waals surface area contributed by atoms with Gasteiger partial charge in [-0.15, -0.1) is 6.58 Å². The molecule has 0 saturated heterocycles. The van der Waals surface area contributed by atoms with Crippen LogP contribution in [0, 0.1) is 5.41 Å². The van der Waals surface area contributed by atoms with Crippen molar-refractivity contribution in [1.82, 2.24) is 0 Å². The lowest BCUT2D eigenvalue weighted by atomic mass is 9.84. The van der Waals surface area contributed by atoms with Crippen molar-refractivity contribution in [3.05, 3.63) is 12.7 Å². The Hall–Kier alpha value is -0.730. The summed E-state index contributed by atoms with van der Waals surface area (Å²) in [4.78, 5) is 10.6. The van der Waals surface area contributed by atoms with Gasteiger partial charge in [0, 0.05) is 18.3 Å². The first-order valence-corrected chi connectivity index (χ1v) is 3.99. The Morgan fingerprint density at radius 1 is 1.42 bits per heavy atom. The third-order valence-electron chi connectivity index (χ3n) is 2.40. The van der Waals surface area contributed by atoms with Crippen LogP contribution in [-0.4, -0.2) is 12.2 Å². The minimum atomic E-state index is -2.65. The van der Waals surface area contributed by atoms with E-state index in [2.05, 4.69) is 6.58 Å². The normalized spacial score (nSPS) is 33.2. The topological polar surface area (TPSA) is 17.1 Å².